The number of aliphatic hydroxyl groups excluding tert-OH is 1. The van der Waals surface area contributed by atoms with Gasteiger partial charge < -0.3 is 33.8 Å². The summed E-state index contributed by atoms with van der Waals surface area (Å²) in [6.07, 6.45) is 52.6. The summed E-state index contributed by atoms with van der Waals surface area (Å²) in [4.78, 5) is 72.6. The minimum Gasteiger partial charge on any atom is -0.462 e. The van der Waals surface area contributed by atoms with E-state index in [1.807, 2.05) is 0 Å². The van der Waals surface area contributed by atoms with Gasteiger partial charge in [-0.25, -0.2) is 9.13 Å². The van der Waals surface area contributed by atoms with Crippen molar-refractivity contribution in [3.05, 3.63) is 0 Å². The van der Waals surface area contributed by atoms with E-state index in [4.69, 9.17) is 37.0 Å². The number of phosphoric ester groups is 2. The first-order valence-corrected chi connectivity index (χ1v) is 41.5. The lowest BCUT2D eigenvalue weighted by Gasteiger charge is -2.21. The number of ether oxygens (including phenoxy) is 4. The average molecular weight is 1370 g/mol. The number of hydrogen-bond acceptors (Lipinski definition) is 15. The first-order valence-electron chi connectivity index (χ1n) is 38.5. The lowest BCUT2D eigenvalue weighted by atomic mass is 9.99. The van der Waals surface area contributed by atoms with Crippen molar-refractivity contribution in [1.82, 2.24) is 0 Å². The number of carbonyl (C=O) groups excluding carboxylic acids is 4. The van der Waals surface area contributed by atoms with Crippen LogP contribution in [0.3, 0.4) is 0 Å². The molecule has 0 fully saturated rings. The second-order valence-electron chi connectivity index (χ2n) is 27.4. The number of carbonyl (C=O) groups is 4. The van der Waals surface area contributed by atoms with Crippen LogP contribution in [-0.2, 0) is 65.4 Å². The van der Waals surface area contributed by atoms with E-state index in [0.29, 0.717) is 25.7 Å². The Labute approximate surface area is 568 Å². The molecule has 6 atom stereocenters. The molecule has 0 aromatic carbocycles. The van der Waals surface area contributed by atoms with Gasteiger partial charge >= 0.3 is 39.5 Å². The molecule has 17 nitrogen and oxygen atoms in total. The van der Waals surface area contributed by atoms with E-state index < -0.39 is 97.5 Å². The maximum absolute atomic E-state index is 13.1. The van der Waals surface area contributed by atoms with E-state index >= 15 is 0 Å². The molecule has 0 aliphatic carbocycles. The van der Waals surface area contributed by atoms with Crippen LogP contribution < -0.4 is 0 Å². The third kappa shape index (κ3) is 67.0. The van der Waals surface area contributed by atoms with Crippen LogP contribution in [0.2, 0.25) is 0 Å². The van der Waals surface area contributed by atoms with Crippen LogP contribution in [0.1, 0.15) is 382 Å². The van der Waals surface area contributed by atoms with Gasteiger partial charge in [0.2, 0.25) is 0 Å². The van der Waals surface area contributed by atoms with Gasteiger partial charge in [0.05, 0.1) is 26.4 Å². The molecule has 0 bridgehead atoms. The fraction of sp³-hybridized carbons (Fsp3) is 0.946. The highest BCUT2D eigenvalue weighted by Gasteiger charge is 2.30. The molecule has 0 aromatic heterocycles. The van der Waals surface area contributed by atoms with Gasteiger partial charge in [0.15, 0.2) is 12.2 Å². The van der Waals surface area contributed by atoms with Gasteiger partial charge in [-0.2, -0.15) is 0 Å². The monoisotopic (exact) mass is 1370 g/mol. The fourth-order valence-corrected chi connectivity index (χ4v) is 12.8. The normalized spacial score (nSPS) is 14.3. The third-order valence-electron chi connectivity index (χ3n) is 17.6. The Bertz CT molecular complexity index is 1810. The molecule has 0 radical (unpaired) electrons. The predicted octanol–water partition coefficient (Wildman–Crippen LogP) is 21.6. The van der Waals surface area contributed by atoms with Gasteiger partial charge in [0, 0.05) is 25.7 Å². The fourth-order valence-electron chi connectivity index (χ4n) is 11.3. The number of unbranched alkanes of at least 4 members (excludes halogenated alkanes) is 42. The zero-order chi connectivity index (χ0) is 68.6. The van der Waals surface area contributed by atoms with Crippen molar-refractivity contribution in [1.29, 1.82) is 0 Å². The number of esters is 4. The second kappa shape index (κ2) is 66.0. The van der Waals surface area contributed by atoms with Crippen molar-refractivity contribution < 1.29 is 80.2 Å². The van der Waals surface area contributed by atoms with E-state index in [0.717, 1.165) is 108 Å². The number of hydrogen-bond donors (Lipinski definition) is 3. The van der Waals surface area contributed by atoms with Crippen molar-refractivity contribution in [2.24, 2.45) is 11.8 Å². The molecule has 0 aliphatic heterocycles. The average Bonchev–Trinajstić information content (AvgIpc) is 3.01. The molecular weight excluding hydrogens is 1220 g/mol. The number of rotatable bonds is 73. The van der Waals surface area contributed by atoms with Crippen molar-refractivity contribution in [2.45, 2.75) is 400 Å². The summed E-state index contributed by atoms with van der Waals surface area (Å²) in [5.41, 5.74) is 0. The molecule has 0 spiro atoms. The van der Waals surface area contributed by atoms with E-state index in [9.17, 15) is 43.2 Å². The zero-order valence-corrected chi connectivity index (χ0v) is 62.3. The molecule has 0 saturated carbocycles. The maximum Gasteiger partial charge on any atom is 0.472 e. The lowest BCUT2D eigenvalue weighted by molar-refractivity contribution is -0.161. The summed E-state index contributed by atoms with van der Waals surface area (Å²) in [5.74, 6) is -0.501. The van der Waals surface area contributed by atoms with Gasteiger partial charge in [0.25, 0.3) is 0 Å². The highest BCUT2D eigenvalue weighted by atomic mass is 31.2. The van der Waals surface area contributed by atoms with Crippen molar-refractivity contribution >= 4 is 39.5 Å². The van der Waals surface area contributed by atoms with Gasteiger partial charge in [-0.3, -0.25) is 37.3 Å². The predicted molar refractivity (Wildman–Crippen MR) is 377 cm³/mol. The van der Waals surface area contributed by atoms with Crippen molar-refractivity contribution in [3.63, 3.8) is 0 Å². The summed E-state index contributed by atoms with van der Waals surface area (Å²) in [6, 6.07) is 0. The Morgan fingerprint density at radius 1 is 0.312 bits per heavy atom. The number of aliphatic hydroxyl groups is 1. The molecule has 552 valence electrons. The molecular formula is C74H144O17P2. The Kier molecular flexibility index (Phi) is 64.6. The van der Waals surface area contributed by atoms with Crippen LogP contribution in [-0.4, -0.2) is 96.7 Å². The van der Waals surface area contributed by atoms with Gasteiger partial charge in [-0.1, -0.05) is 330 Å². The van der Waals surface area contributed by atoms with Gasteiger partial charge in [-0.15, -0.1) is 0 Å². The van der Waals surface area contributed by atoms with Crippen molar-refractivity contribution in [3.8, 4) is 0 Å². The van der Waals surface area contributed by atoms with Crippen molar-refractivity contribution in [2.75, 3.05) is 39.6 Å². The molecule has 19 heteroatoms. The molecule has 3 unspecified atom stereocenters. The minimum absolute atomic E-state index is 0.107. The van der Waals surface area contributed by atoms with E-state index in [-0.39, 0.29) is 25.7 Å². The zero-order valence-electron chi connectivity index (χ0n) is 60.6. The molecule has 0 saturated heterocycles. The Balaban J connectivity index is 5.21. The van der Waals surface area contributed by atoms with Crippen LogP contribution in [0.25, 0.3) is 0 Å². The number of phosphoric acid groups is 2. The standard InChI is InChI=1S/C74H144O17P2/c1-7-10-12-14-16-18-19-27-34-40-46-52-58-73(78)90-69(62-84-71(76)56-50-44-38-17-15-13-11-8-2)64-88-92(80,81)86-60-68(75)61-87-93(82,83)89-65-70(63-85-72(77)57-51-45-39-33-30-29-32-37-43-49-55-67(6)9-3)91-74(79)59-53-47-41-35-28-25-23-21-20-22-24-26-31-36-42-48-54-66(4)5/h66-70,75H,7-65H2,1-6H3,(H,80,81)(H,82,83)/t67?,68-,69+,70+/m0/s1. The molecule has 0 aliphatic rings. The summed E-state index contributed by atoms with van der Waals surface area (Å²) in [7, 11) is -9.90. The molecule has 0 rings (SSSR count). The second-order valence-corrected chi connectivity index (χ2v) is 30.3. The first-order chi connectivity index (χ1) is 44.9. The highest BCUT2D eigenvalue weighted by molar-refractivity contribution is 7.47. The Morgan fingerprint density at radius 3 is 0.817 bits per heavy atom. The smallest absolute Gasteiger partial charge is 0.462 e. The van der Waals surface area contributed by atoms with Crippen LogP contribution in [0, 0.1) is 11.8 Å². The Hall–Kier alpha value is -1.94. The summed E-state index contributed by atoms with van der Waals surface area (Å²) < 4.78 is 68.4. The van der Waals surface area contributed by atoms with Gasteiger partial charge in [-0.05, 0) is 37.5 Å². The largest absolute Gasteiger partial charge is 0.472 e. The summed E-state index contributed by atoms with van der Waals surface area (Å²) >= 11 is 0. The van der Waals surface area contributed by atoms with Crippen LogP contribution in [0.5, 0.6) is 0 Å². The molecule has 3 N–H and O–H groups in total. The van der Waals surface area contributed by atoms with E-state index in [1.165, 1.54) is 193 Å². The molecule has 93 heavy (non-hydrogen) atoms. The van der Waals surface area contributed by atoms with E-state index in [2.05, 4.69) is 41.5 Å². The lowest BCUT2D eigenvalue weighted by Crippen LogP contribution is -2.30. The third-order valence-corrected chi connectivity index (χ3v) is 19.5. The topological polar surface area (TPSA) is 237 Å². The van der Waals surface area contributed by atoms with Crippen LogP contribution in [0.4, 0.5) is 0 Å². The quantitative estimate of drug-likeness (QED) is 0.0222. The SMILES string of the molecule is CCCCCCCCCCCCCCC(=O)O[C@H](COC(=O)CCCCCCCCCC)COP(=O)(O)OC[C@H](O)COP(=O)(O)OC[C@@H](COC(=O)CCCCCCCCCCCCC(C)CC)OC(=O)CCCCCCCCCCCCCCCCCCC(C)C. The minimum atomic E-state index is -4.96. The van der Waals surface area contributed by atoms with Crippen LogP contribution >= 0.6 is 15.6 Å². The Morgan fingerprint density at radius 2 is 0.548 bits per heavy atom. The molecule has 0 aromatic rings. The van der Waals surface area contributed by atoms with Gasteiger partial charge in [0.1, 0.15) is 19.3 Å². The summed E-state index contributed by atoms with van der Waals surface area (Å²) in [6.45, 7) is 9.61. The summed E-state index contributed by atoms with van der Waals surface area (Å²) in [5, 5.41) is 10.6. The first kappa shape index (κ1) is 91.1. The molecule has 0 amide bonds. The van der Waals surface area contributed by atoms with Crippen LogP contribution in [0.15, 0.2) is 0 Å². The van der Waals surface area contributed by atoms with E-state index in [1.54, 1.807) is 0 Å². The molecule has 0 heterocycles. The highest BCUT2D eigenvalue weighted by Crippen LogP contribution is 2.45. The maximum atomic E-state index is 13.1.